The zero-order valence-electron chi connectivity index (χ0n) is 12.3. The number of hydrogen-bond acceptors (Lipinski definition) is 5. The van der Waals surface area contributed by atoms with E-state index in [4.69, 9.17) is 9.26 Å². The highest BCUT2D eigenvalue weighted by molar-refractivity contribution is 14.0. The molecule has 0 spiro atoms. The van der Waals surface area contributed by atoms with Crippen LogP contribution in [0.5, 0.6) is 0 Å². The van der Waals surface area contributed by atoms with Crippen LogP contribution in [0.4, 0.5) is 0 Å². The van der Waals surface area contributed by atoms with Crippen molar-refractivity contribution >= 4 is 29.9 Å². The molecule has 1 aromatic heterocycles. The van der Waals surface area contributed by atoms with Crippen molar-refractivity contribution in [1.29, 1.82) is 0 Å². The number of rotatable bonds is 4. The fourth-order valence-electron chi connectivity index (χ4n) is 2.41. The van der Waals surface area contributed by atoms with E-state index in [0.717, 1.165) is 31.2 Å². The molecule has 2 heterocycles. The smallest absolute Gasteiger partial charge is 0.255 e. The van der Waals surface area contributed by atoms with E-state index < -0.39 is 0 Å². The Kier molecular flexibility index (Phi) is 5.80. The van der Waals surface area contributed by atoms with Crippen molar-refractivity contribution < 1.29 is 9.26 Å². The highest BCUT2D eigenvalue weighted by atomic mass is 127. The molecule has 8 heteroatoms. The van der Waals surface area contributed by atoms with Crippen LogP contribution < -0.4 is 10.6 Å². The van der Waals surface area contributed by atoms with Gasteiger partial charge in [0.25, 0.3) is 5.89 Å². The van der Waals surface area contributed by atoms with Crippen LogP contribution >= 0.6 is 24.0 Å². The minimum Gasteiger partial charge on any atom is -0.363 e. The lowest BCUT2D eigenvalue weighted by molar-refractivity contribution is 0.0285. The van der Waals surface area contributed by atoms with Crippen molar-refractivity contribution in [1.82, 2.24) is 20.8 Å². The summed E-state index contributed by atoms with van der Waals surface area (Å²) in [5.41, 5.74) is 0. The average Bonchev–Trinajstić information content (AvgIpc) is 3.03. The first kappa shape index (κ1) is 16.5. The van der Waals surface area contributed by atoms with E-state index in [-0.39, 0.29) is 36.2 Å². The Bertz CT molecular complexity index is 489. The normalized spacial score (nSPS) is 25.5. The van der Waals surface area contributed by atoms with Crippen molar-refractivity contribution in [2.45, 2.75) is 43.8 Å². The number of nitrogens with zero attached hydrogens (tertiary/aromatic N) is 3. The molecule has 0 unspecified atom stereocenters. The molecule has 1 aliphatic heterocycles. The fourth-order valence-corrected chi connectivity index (χ4v) is 2.41. The van der Waals surface area contributed by atoms with Crippen LogP contribution in [-0.2, 0) is 4.74 Å². The van der Waals surface area contributed by atoms with Gasteiger partial charge in [-0.2, -0.15) is 4.98 Å². The lowest BCUT2D eigenvalue weighted by Gasteiger charge is -2.14. The second-order valence-corrected chi connectivity index (χ2v) is 5.29. The van der Waals surface area contributed by atoms with Crippen molar-refractivity contribution in [2.24, 2.45) is 4.99 Å². The number of ether oxygens (including phenoxy) is 1. The molecule has 1 saturated heterocycles. The highest BCUT2D eigenvalue weighted by Gasteiger charge is 2.34. The van der Waals surface area contributed by atoms with Crippen LogP contribution in [0.2, 0.25) is 0 Å². The Morgan fingerprint density at radius 2 is 2.14 bits per heavy atom. The summed E-state index contributed by atoms with van der Waals surface area (Å²) >= 11 is 0. The average molecular weight is 407 g/mol. The monoisotopic (exact) mass is 407 g/mol. The van der Waals surface area contributed by atoms with E-state index in [1.165, 1.54) is 12.8 Å². The molecule has 0 bridgehead atoms. The molecule has 1 saturated carbocycles. The molecule has 0 aromatic carbocycles. The van der Waals surface area contributed by atoms with E-state index in [2.05, 4.69) is 25.8 Å². The zero-order chi connectivity index (χ0) is 13.9. The van der Waals surface area contributed by atoms with Gasteiger partial charge < -0.3 is 19.9 Å². The van der Waals surface area contributed by atoms with Gasteiger partial charge >= 0.3 is 0 Å². The van der Waals surface area contributed by atoms with Gasteiger partial charge in [-0.05, 0) is 25.7 Å². The second-order valence-electron chi connectivity index (χ2n) is 5.29. The Hall–Kier alpha value is -0.900. The van der Waals surface area contributed by atoms with Crippen molar-refractivity contribution in [3.63, 3.8) is 0 Å². The van der Waals surface area contributed by atoms with Crippen LogP contribution in [-0.4, -0.2) is 42.8 Å². The minimum absolute atomic E-state index is 0. The van der Waals surface area contributed by atoms with Crippen LogP contribution in [0.25, 0.3) is 0 Å². The summed E-state index contributed by atoms with van der Waals surface area (Å²) in [5.74, 6) is 2.77. The SMILES string of the molecule is CN=C(NC)NC[C@H]1CC[C@@H](c2nc(C3CC3)no2)O1.I. The molecule has 2 N–H and O–H groups in total. The first-order chi connectivity index (χ1) is 9.80. The molecule has 1 aromatic rings. The molecule has 2 atom stereocenters. The van der Waals surface area contributed by atoms with Crippen LogP contribution in [0, 0.1) is 0 Å². The van der Waals surface area contributed by atoms with Gasteiger partial charge in [-0.3, -0.25) is 4.99 Å². The van der Waals surface area contributed by atoms with Crippen LogP contribution in [0.3, 0.4) is 0 Å². The fraction of sp³-hybridized carbons (Fsp3) is 0.769. The third-order valence-electron chi connectivity index (χ3n) is 3.74. The van der Waals surface area contributed by atoms with Crippen LogP contribution in [0.15, 0.2) is 9.52 Å². The molecule has 3 rings (SSSR count). The van der Waals surface area contributed by atoms with Gasteiger partial charge in [0, 0.05) is 26.6 Å². The predicted octanol–water partition coefficient (Wildman–Crippen LogP) is 1.58. The maximum atomic E-state index is 5.96. The van der Waals surface area contributed by atoms with E-state index in [0.29, 0.717) is 11.8 Å². The maximum Gasteiger partial charge on any atom is 0.255 e. The van der Waals surface area contributed by atoms with Gasteiger partial charge in [-0.15, -0.1) is 24.0 Å². The number of hydrogen-bond donors (Lipinski definition) is 2. The van der Waals surface area contributed by atoms with Gasteiger partial charge in [0.15, 0.2) is 11.8 Å². The van der Waals surface area contributed by atoms with E-state index in [9.17, 15) is 0 Å². The summed E-state index contributed by atoms with van der Waals surface area (Å²) in [5, 5.41) is 10.2. The largest absolute Gasteiger partial charge is 0.363 e. The quantitative estimate of drug-likeness (QED) is 0.448. The third kappa shape index (κ3) is 4.06. The van der Waals surface area contributed by atoms with Gasteiger partial charge in [0.2, 0.25) is 0 Å². The molecule has 0 amide bonds. The summed E-state index contributed by atoms with van der Waals surface area (Å²) in [6.07, 6.45) is 4.37. The topological polar surface area (TPSA) is 84.6 Å². The number of aliphatic imine (C=N–C) groups is 1. The minimum atomic E-state index is -0.0570. The Labute approximate surface area is 141 Å². The second kappa shape index (κ2) is 7.39. The molecule has 2 fully saturated rings. The number of nitrogens with one attached hydrogen (secondary N) is 2. The predicted molar refractivity (Wildman–Crippen MR) is 89.0 cm³/mol. The summed E-state index contributed by atoms with van der Waals surface area (Å²) in [7, 11) is 3.58. The molecule has 2 aliphatic rings. The molecule has 118 valence electrons. The number of guanidine groups is 1. The Morgan fingerprint density at radius 3 is 2.81 bits per heavy atom. The van der Waals surface area contributed by atoms with Gasteiger partial charge in [-0.1, -0.05) is 5.16 Å². The van der Waals surface area contributed by atoms with Crippen molar-refractivity contribution in [2.75, 3.05) is 20.6 Å². The van der Waals surface area contributed by atoms with E-state index in [1.54, 1.807) is 7.05 Å². The highest BCUT2D eigenvalue weighted by Crippen LogP contribution is 2.39. The first-order valence-corrected chi connectivity index (χ1v) is 7.17. The van der Waals surface area contributed by atoms with E-state index in [1.807, 2.05) is 7.05 Å². The van der Waals surface area contributed by atoms with Crippen molar-refractivity contribution in [3.05, 3.63) is 11.7 Å². The van der Waals surface area contributed by atoms with Gasteiger partial charge in [0.1, 0.15) is 6.10 Å². The zero-order valence-corrected chi connectivity index (χ0v) is 14.7. The van der Waals surface area contributed by atoms with Gasteiger partial charge in [0.05, 0.1) is 6.10 Å². The lowest BCUT2D eigenvalue weighted by Crippen LogP contribution is -2.39. The molecule has 0 radical (unpaired) electrons. The molecule has 7 nitrogen and oxygen atoms in total. The van der Waals surface area contributed by atoms with Gasteiger partial charge in [-0.25, -0.2) is 0 Å². The molecule has 21 heavy (non-hydrogen) atoms. The lowest BCUT2D eigenvalue weighted by atomic mass is 10.2. The molecular formula is C13H22IN5O2. The van der Waals surface area contributed by atoms with Crippen LogP contribution in [0.1, 0.15) is 49.4 Å². The maximum absolute atomic E-state index is 5.96. The molecule has 1 aliphatic carbocycles. The summed E-state index contributed by atoms with van der Waals surface area (Å²) in [6.45, 7) is 0.730. The number of aromatic nitrogens is 2. The summed E-state index contributed by atoms with van der Waals surface area (Å²) in [6, 6.07) is 0. The summed E-state index contributed by atoms with van der Waals surface area (Å²) in [4.78, 5) is 8.53. The molecular weight excluding hydrogens is 385 g/mol. The standard InChI is InChI=1S/C13H21N5O2.HI/c1-14-13(15-2)16-7-9-5-6-10(19-9)12-17-11(18-20-12)8-3-4-8;/h8-10H,3-7H2,1-2H3,(H2,14,15,16);1H/t9-,10+;/m1./s1. The third-order valence-corrected chi connectivity index (χ3v) is 3.74. The Morgan fingerprint density at radius 1 is 1.33 bits per heavy atom. The number of halogens is 1. The van der Waals surface area contributed by atoms with Crippen molar-refractivity contribution in [3.8, 4) is 0 Å². The Balaban J connectivity index is 0.00000161. The first-order valence-electron chi connectivity index (χ1n) is 7.17. The summed E-state index contributed by atoms with van der Waals surface area (Å²) < 4.78 is 11.3. The van der Waals surface area contributed by atoms with E-state index >= 15 is 0 Å².